The highest BCUT2D eigenvalue weighted by atomic mass is 16.5. The van der Waals surface area contributed by atoms with Crippen molar-refractivity contribution in [2.24, 2.45) is 4.99 Å². The van der Waals surface area contributed by atoms with Crippen LogP contribution in [0.3, 0.4) is 0 Å². The maximum absolute atomic E-state index is 5.27. The van der Waals surface area contributed by atoms with Gasteiger partial charge in [-0.15, -0.1) is 0 Å². The van der Waals surface area contributed by atoms with Crippen LogP contribution in [0.25, 0.3) is 0 Å². The third-order valence-electron chi connectivity index (χ3n) is 3.38. The van der Waals surface area contributed by atoms with Crippen molar-refractivity contribution in [3.8, 4) is 5.75 Å². The van der Waals surface area contributed by atoms with Crippen LogP contribution in [0, 0.1) is 0 Å². The smallest absolute Gasteiger partial charge is 0.211 e. The number of rotatable bonds is 6. The Morgan fingerprint density at radius 3 is 2.04 bits per heavy atom. The average Bonchev–Trinajstić information content (AvgIpc) is 2.59. The molecular weight excluding hydrogens is 312 g/mol. The van der Waals surface area contributed by atoms with Gasteiger partial charge in [0.1, 0.15) is 5.75 Å². The van der Waals surface area contributed by atoms with Crippen molar-refractivity contribution in [3.63, 3.8) is 0 Å². The lowest BCUT2D eigenvalue weighted by molar-refractivity contribution is 0.415. The second-order valence-corrected chi connectivity index (χ2v) is 6.35. The molecule has 0 unspecified atom stereocenters. The number of aliphatic imine (C=N–C) groups is 1. The first-order valence-electron chi connectivity index (χ1n) is 8.60. The van der Waals surface area contributed by atoms with Crippen LogP contribution in [0.1, 0.15) is 27.7 Å². The van der Waals surface area contributed by atoms with Gasteiger partial charge in [0, 0.05) is 12.1 Å². The number of hydrogen-bond acceptors (Lipinski definition) is 3. The molecule has 5 nitrogen and oxygen atoms in total. The summed E-state index contributed by atoms with van der Waals surface area (Å²) < 4.78 is 5.27. The summed E-state index contributed by atoms with van der Waals surface area (Å²) in [6.45, 7) is 8.31. The van der Waals surface area contributed by atoms with Crippen molar-refractivity contribution in [1.82, 2.24) is 10.7 Å². The van der Waals surface area contributed by atoms with Gasteiger partial charge in [-0.2, -0.15) is 0 Å². The second-order valence-electron chi connectivity index (χ2n) is 6.35. The fourth-order valence-corrected chi connectivity index (χ4v) is 2.32. The van der Waals surface area contributed by atoms with Gasteiger partial charge in [-0.25, -0.2) is 4.99 Å². The maximum atomic E-state index is 5.27. The Labute approximate surface area is 150 Å². The number of nitrogens with zero attached hydrogens (tertiary/aromatic N) is 2. The summed E-state index contributed by atoms with van der Waals surface area (Å²) in [5.74, 6) is 1.57. The van der Waals surface area contributed by atoms with Gasteiger partial charge in [0.05, 0.1) is 18.5 Å². The molecule has 2 N–H and O–H groups in total. The summed E-state index contributed by atoms with van der Waals surface area (Å²) in [4.78, 5) is 4.67. The topological polar surface area (TPSA) is 48.9 Å². The monoisotopic (exact) mass is 340 g/mol. The van der Waals surface area contributed by atoms with Gasteiger partial charge >= 0.3 is 0 Å². The Kier molecular flexibility index (Phi) is 6.69. The molecule has 0 aliphatic carbocycles. The van der Waals surface area contributed by atoms with E-state index >= 15 is 0 Å². The molecule has 0 aliphatic rings. The predicted octanol–water partition coefficient (Wildman–Crippen LogP) is 4.10. The van der Waals surface area contributed by atoms with Crippen LogP contribution in [-0.2, 0) is 0 Å². The molecule has 0 fully saturated rings. The Balaban J connectivity index is 2.36. The first-order chi connectivity index (χ1) is 12.0. The van der Waals surface area contributed by atoms with Crippen LogP contribution in [0.15, 0.2) is 59.6 Å². The predicted molar refractivity (Wildman–Crippen MR) is 106 cm³/mol. The number of nitrogens with one attached hydrogen (secondary N) is 2. The van der Waals surface area contributed by atoms with Crippen molar-refractivity contribution in [2.75, 3.05) is 12.1 Å². The van der Waals surface area contributed by atoms with Gasteiger partial charge in [-0.3, -0.25) is 10.4 Å². The van der Waals surface area contributed by atoms with Gasteiger partial charge in [0.2, 0.25) is 5.96 Å². The third-order valence-corrected chi connectivity index (χ3v) is 3.38. The summed E-state index contributed by atoms with van der Waals surface area (Å²) in [7, 11) is 1.67. The number of para-hydroxylation sites is 1. The average molecular weight is 340 g/mol. The largest absolute Gasteiger partial charge is 0.497 e. The minimum Gasteiger partial charge on any atom is -0.497 e. The SMILES string of the molecule is COc1ccc(N(NC(=NC(C)C)NC(C)C)c2ccccc2)cc1. The summed E-state index contributed by atoms with van der Waals surface area (Å²) >= 11 is 0. The van der Waals surface area contributed by atoms with E-state index in [-0.39, 0.29) is 12.1 Å². The highest BCUT2D eigenvalue weighted by molar-refractivity contribution is 5.84. The molecule has 0 aliphatic heterocycles. The lowest BCUT2D eigenvalue weighted by Crippen LogP contribution is -2.48. The van der Waals surface area contributed by atoms with Crippen LogP contribution in [0.5, 0.6) is 5.75 Å². The highest BCUT2D eigenvalue weighted by Gasteiger charge is 2.13. The molecular formula is C20H28N4O. The number of benzene rings is 2. The van der Waals surface area contributed by atoms with Gasteiger partial charge in [0.25, 0.3) is 0 Å². The lowest BCUT2D eigenvalue weighted by atomic mass is 10.2. The molecule has 0 heterocycles. The number of anilines is 2. The summed E-state index contributed by atoms with van der Waals surface area (Å²) in [5.41, 5.74) is 5.44. The normalized spacial score (nSPS) is 11.6. The number of methoxy groups -OCH3 is 1. The summed E-state index contributed by atoms with van der Waals surface area (Å²) in [6.07, 6.45) is 0. The molecule has 0 saturated heterocycles. The lowest BCUT2D eigenvalue weighted by Gasteiger charge is -2.28. The number of guanidine groups is 1. The van der Waals surface area contributed by atoms with Crippen molar-refractivity contribution < 1.29 is 4.74 Å². The Morgan fingerprint density at radius 2 is 1.52 bits per heavy atom. The van der Waals surface area contributed by atoms with Crippen molar-refractivity contribution >= 4 is 17.3 Å². The third kappa shape index (κ3) is 5.71. The van der Waals surface area contributed by atoms with Gasteiger partial charge < -0.3 is 10.1 Å². The molecule has 2 rings (SSSR count). The van der Waals surface area contributed by atoms with E-state index in [2.05, 4.69) is 55.6 Å². The molecule has 0 spiro atoms. The minimum absolute atomic E-state index is 0.183. The quantitative estimate of drug-likeness (QED) is 0.472. The van der Waals surface area contributed by atoms with Crippen LogP contribution in [0.2, 0.25) is 0 Å². The van der Waals surface area contributed by atoms with Crippen molar-refractivity contribution in [1.29, 1.82) is 0 Å². The zero-order chi connectivity index (χ0) is 18.2. The first-order valence-corrected chi connectivity index (χ1v) is 8.60. The van der Waals surface area contributed by atoms with E-state index in [1.54, 1.807) is 7.11 Å². The van der Waals surface area contributed by atoms with Gasteiger partial charge in [0.15, 0.2) is 0 Å². The molecule has 5 heteroatoms. The van der Waals surface area contributed by atoms with E-state index in [1.807, 2.05) is 47.5 Å². The van der Waals surface area contributed by atoms with Crippen LogP contribution in [-0.4, -0.2) is 25.2 Å². The molecule has 0 saturated carbocycles. The van der Waals surface area contributed by atoms with E-state index in [4.69, 9.17) is 4.74 Å². The minimum atomic E-state index is 0.183. The van der Waals surface area contributed by atoms with Gasteiger partial charge in [-0.1, -0.05) is 18.2 Å². The molecule has 0 bridgehead atoms. The molecule has 2 aromatic carbocycles. The fraction of sp³-hybridized carbons (Fsp3) is 0.350. The first kappa shape index (κ1) is 18.6. The molecule has 2 aromatic rings. The number of ether oxygens (including phenoxy) is 1. The van der Waals surface area contributed by atoms with E-state index in [0.717, 1.165) is 23.1 Å². The highest BCUT2D eigenvalue weighted by Crippen LogP contribution is 2.25. The maximum Gasteiger partial charge on any atom is 0.211 e. The fourth-order valence-electron chi connectivity index (χ4n) is 2.32. The Morgan fingerprint density at radius 1 is 0.920 bits per heavy atom. The number of hydrogen-bond donors (Lipinski definition) is 2. The molecule has 0 radical (unpaired) electrons. The zero-order valence-corrected chi connectivity index (χ0v) is 15.7. The zero-order valence-electron chi connectivity index (χ0n) is 15.7. The standard InChI is InChI=1S/C20H28N4O/c1-15(2)21-20(22-16(3)4)23-24(17-9-7-6-8-10-17)18-11-13-19(25-5)14-12-18/h6-16H,1-5H3,(H2,21,22,23). The van der Waals surface area contributed by atoms with Crippen molar-refractivity contribution in [2.45, 2.75) is 39.8 Å². The Bertz CT molecular complexity index is 666. The summed E-state index contributed by atoms with van der Waals surface area (Å²) in [6, 6.07) is 18.5. The molecule has 134 valence electrons. The molecule has 0 amide bonds. The molecule has 25 heavy (non-hydrogen) atoms. The van der Waals surface area contributed by atoms with Gasteiger partial charge in [-0.05, 0) is 64.1 Å². The molecule has 0 aromatic heterocycles. The van der Waals surface area contributed by atoms with Crippen LogP contribution < -0.4 is 20.5 Å². The second kappa shape index (κ2) is 8.97. The van der Waals surface area contributed by atoms with E-state index < -0.39 is 0 Å². The van der Waals surface area contributed by atoms with Crippen LogP contribution >= 0.6 is 0 Å². The van der Waals surface area contributed by atoms with E-state index in [9.17, 15) is 0 Å². The van der Waals surface area contributed by atoms with E-state index in [0.29, 0.717) is 0 Å². The molecule has 0 atom stereocenters. The van der Waals surface area contributed by atoms with E-state index in [1.165, 1.54) is 0 Å². The van der Waals surface area contributed by atoms with Crippen LogP contribution in [0.4, 0.5) is 11.4 Å². The Hall–Kier alpha value is -2.69. The summed E-state index contributed by atoms with van der Waals surface area (Å²) in [5, 5.41) is 5.39. The van der Waals surface area contributed by atoms with Crippen molar-refractivity contribution in [3.05, 3.63) is 54.6 Å². The number of hydrazine groups is 1.